The smallest absolute Gasteiger partial charge is 0.337 e. The van der Waals surface area contributed by atoms with Crippen molar-refractivity contribution in [3.05, 3.63) is 88.5 Å². The quantitative estimate of drug-likeness (QED) is 0.415. The summed E-state index contributed by atoms with van der Waals surface area (Å²) in [6.45, 7) is 9.26. The molecule has 0 aliphatic heterocycles. The van der Waals surface area contributed by atoms with Crippen LogP contribution in [0, 0.1) is 19.7 Å². The third-order valence-corrected chi connectivity index (χ3v) is 6.00. The van der Waals surface area contributed by atoms with Gasteiger partial charge in [-0.2, -0.15) is 0 Å². The average Bonchev–Trinajstić information content (AvgIpc) is 3.02. The van der Waals surface area contributed by atoms with E-state index < -0.39 is 5.97 Å². The molecule has 1 heterocycles. The van der Waals surface area contributed by atoms with Crippen molar-refractivity contribution in [3.63, 3.8) is 0 Å². The number of aromatic nitrogens is 1. The fraction of sp³-hybridized carbons (Fsp3) is 0.346. The van der Waals surface area contributed by atoms with E-state index in [1.54, 1.807) is 25.1 Å². The second-order valence-corrected chi connectivity index (χ2v) is 7.95. The van der Waals surface area contributed by atoms with Crippen LogP contribution in [0.4, 0.5) is 10.1 Å². The normalized spacial score (nSPS) is 11.0. The van der Waals surface area contributed by atoms with Crippen LogP contribution in [0.1, 0.15) is 46.2 Å². The Bertz CT molecular complexity index is 1050. The highest BCUT2D eigenvalue weighted by molar-refractivity contribution is 5.91. The molecule has 0 amide bonds. The van der Waals surface area contributed by atoms with E-state index >= 15 is 0 Å². The SMILES string of the molecule is CCN(CCCNCc1c(C(=O)O)c(C)n(Cc2ccccc2F)c1C)c1ccccc1. The second kappa shape index (κ2) is 11.0. The molecule has 0 atom stereocenters. The zero-order valence-electron chi connectivity index (χ0n) is 19.1. The predicted octanol–water partition coefficient (Wildman–Crippen LogP) is 5.00. The lowest BCUT2D eigenvalue weighted by Gasteiger charge is -2.23. The summed E-state index contributed by atoms with van der Waals surface area (Å²) in [6, 6.07) is 16.9. The number of carboxylic acid groups (broad SMARTS) is 1. The van der Waals surface area contributed by atoms with Crippen molar-refractivity contribution >= 4 is 11.7 Å². The van der Waals surface area contributed by atoms with Crippen molar-refractivity contribution in [3.8, 4) is 0 Å². The molecule has 0 fully saturated rings. The van der Waals surface area contributed by atoms with Crippen LogP contribution in [0.5, 0.6) is 0 Å². The Labute approximate surface area is 189 Å². The fourth-order valence-electron chi connectivity index (χ4n) is 4.20. The first kappa shape index (κ1) is 23.5. The Kier molecular flexibility index (Phi) is 8.06. The Balaban J connectivity index is 1.66. The summed E-state index contributed by atoms with van der Waals surface area (Å²) < 4.78 is 16.1. The summed E-state index contributed by atoms with van der Waals surface area (Å²) in [6.07, 6.45) is 0.944. The number of halogens is 1. The largest absolute Gasteiger partial charge is 0.478 e. The molecule has 0 saturated heterocycles. The van der Waals surface area contributed by atoms with Gasteiger partial charge < -0.3 is 19.9 Å². The van der Waals surface area contributed by atoms with Crippen molar-refractivity contribution in [2.24, 2.45) is 0 Å². The standard InChI is InChI=1S/C26H32FN3O2/c1-4-29(22-12-6-5-7-13-22)16-10-15-28-17-23-19(2)30(20(3)25(23)26(31)32)18-21-11-8-9-14-24(21)27/h5-9,11-14,28H,4,10,15-18H2,1-3H3,(H,31,32). The maximum absolute atomic E-state index is 14.2. The number of rotatable bonds is 11. The summed E-state index contributed by atoms with van der Waals surface area (Å²) in [5, 5.41) is 13.2. The van der Waals surface area contributed by atoms with Gasteiger partial charge in [0.1, 0.15) is 5.82 Å². The summed E-state index contributed by atoms with van der Waals surface area (Å²) in [4.78, 5) is 14.3. The number of carbonyl (C=O) groups is 1. The molecular weight excluding hydrogens is 405 g/mol. The molecule has 32 heavy (non-hydrogen) atoms. The molecule has 6 heteroatoms. The van der Waals surface area contributed by atoms with Gasteiger partial charge in [0.2, 0.25) is 0 Å². The monoisotopic (exact) mass is 437 g/mol. The number of hydrogen-bond donors (Lipinski definition) is 2. The summed E-state index contributed by atoms with van der Waals surface area (Å²) in [5.74, 6) is -1.23. The highest BCUT2D eigenvalue weighted by Gasteiger charge is 2.22. The number of benzene rings is 2. The molecule has 0 bridgehead atoms. The molecule has 170 valence electrons. The minimum absolute atomic E-state index is 0.282. The van der Waals surface area contributed by atoms with Gasteiger partial charge in [0.25, 0.3) is 0 Å². The lowest BCUT2D eigenvalue weighted by atomic mass is 10.1. The predicted molar refractivity (Wildman–Crippen MR) is 127 cm³/mol. The molecule has 1 aromatic heterocycles. The Morgan fingerprint density at radius 3 is 2.41 bits per heavy atom. The van der Waals surface area contributed by atoms with E-state index in [1.165, 1.54) is 11.8 Å². The first-order valence-corrected chi connectivity index (χ1v) is 11.1. The van der Waals surface area contributed by atoms with E-state index in [9.17, 15) is 14.3 Å². The van der Waals surface area contributed by atoms with Crippen LogP contribution in [0.15, 0.2) is 54.6 Å². The molecule has 0 aliphatic rings. The molecule has 2 N–H and O–H groups in total. The second-order valence-electron chi connectivity index (χ2n) is 7.95. The average molecular weight is 438 g/mol. The van der Waals surface area contributed by atoms with Crippen molar-refractivity contribution in [2.75, 3.05) is 24.5 Å². The van der Waals surface area contributed by atoms with Gasteiger partial charge in [-0.25, -0.2) is 9.18 Å². The van der Waals surface area contributed by atoms with Gasteiger partial charge in [0.05, 0.1) is 12.1 Å². The van der Waals surface area contributed by atoms with E-state index in [2.05, 4.69) is 29.3 Å². The number of para-hydroxylation sites is 1. The molecule has 3 rings (SSSR count). The number of carboxylic acids is 1. The highest BCUT2D eigenvalue weighted by Crippen LogP contribution is 2.24. The molecule has 0 saturated carbocycles. The van der Waals surface area contributed by atoms with Crippen molar-refractivity contribution in [1.29, 1.82) is 0 Å². The fourth-order valence-corrected chi connectivity index (χ4v) is 4.20. The third-order valence-electron chi connectivity index (χ3n) is 6.00. The number of nitrogens with one attached hydrogen (secondary N) is 1. The maximum Gasteiger partial charge on any atom is 0.337 e. The molecule has 0 radical (unpaired) electrons. The molecule has 3 aromatic rings. The van der Waals surface area contributed by atoms with Crippen molar-refractivity contribution in [1.82, 2.24) is 9.88 Å². The van der Waals surface area contributed by atoms with Gasteiger partial charge in [-0.15, -0.1) is 0 Å². The number of aromatic carboxylic acids is 1. The van der Waals surface area contributed by atoms with Crippen molar-refractivity contribution < 1.29 is 14.3 Å². The zero-order chi connectivity index (χ0) is 23.1. The van der Waals surface area contributed by atoms with Crippen molar-refractivity contribution in [2.45, 2.75) is 40.3 Å². The van der Waals surface area contributed by atoms with E-state index in [0.717, 1.165) is 37.3 Å². The Morgan fingerprint density at radius 2 is 1.75 bits per heavy atom. The Morgan fingerprint density at radius 1 is 1.06 bits per heavy atom. The van der Waals surface area contributed by atoms with Gasteiger partial charge in [-0.05, 0) is 51.9 Å². The third kappa shape index (κ3) is 5.37. The van der Waals surface area contributed by atoms with Crippen LogP contribution in [0.2, 0.25) is 0 Å². The molecule has 2 aromatic carbocycles. The van der Waals surface area contributed by atoms with Crippen LogP contribution < -0.4 is 10.2 Å². The van der Waals surface area contributed by atoms with Gasteiger partial charge in [-0.1, -0.05) is 36.4 Å². The molecule has 0 unspecified atom stereocenters. The van der Waals surface area contributed by atoms with Crippen LogP contribution in [-0.4, -0.2) is 35.3 Å². The minimum Gasteiger partial charge on any atom is -0.478 e. The molecule has 0 spiro atoms. The Hall–Kier alpha value is -3.12. The van der Waals surface area contributed by atoms with Crippen LogP contribution in [-0.2, 0) is 13.1 Å². The van der Waals surface area contributed by atoms with Crippen LogP contribution in [0.3, 0.4) is 0 Å². The summed E-state index contributed by atoms with van der Waals surface area (Å²) in [7, 11) is 0. The van der Waals surface area contributed by atoms with Gasteiger partial charge >= 0.3 is 5.97 Å². The van der Waals surface area contributed by atoms with Crippen LogP contribution >= 0.6 is 0 Å². The molecule has 5 nitrogen and oxygen atoms in total. The van der Waals surface area contributed by atoms with E-state index in [-0.39, 0.29) is 5.82 Å². The highest BCUT2D eigenvalue weighted by atomic mass is 19.1. The van der Waals surface area contributed by atoms with Crippen LogP contribution in [0.25, 0.3) is 0 Å². The maximum atomic E-state index is 14.2. The number of anilines is 1. The van der Waals surface area contributed by atoms with E-state index in [1.807, 2.05) is 29.7 Å². The first-order valence-electron chi connectivity index (χ1n) is 11.1. The molecule has 0 aliphatic carbocycles. The van der Waals surface area contributed by atoms with Gasteiger partial charge in [-0.3, -0.25) is 0 Å². The van der Waals surface area contributed by atoms with E-state index in [0.29, 0.717) is 29.9 Å². The summed E-state index contributed by atoms with van der Waals surface area (Å²) in [5.41, 5.74) is 4.34. The minimum atomic E-state index is -0.948. The lowest BCUT2D eigenvalue weighted by Crippen LogP contribution is -2.27. The van der Waals surface area contributed by atoms with Gasteiger partial charge in [0, 0.05) is 47.8 Å². The topological polar surface area (TPSA) is 57.5 Å². The zero-order valence-corrected chi connectivity index (χ0v) is 19.1. The van der Waals surface area contributed by atoms with Gasteiger partial charge in [0.15, 0.2) is 0 Å². The number of nitrogens with zero attached hydrogens (tertiary/aromatic N) is 2. The summed E-state index contributed by atoms with van der Waals surface area (Å²) >= 11 is 0. The first-order chi connectivity index (χ1) is 15.4. The van der Waals surface area contributed by atoms with E-state index in [4.69, 9.17) is 0 Å². The number of hydrogen-bond acceptors (Lipinski definition) is 3. The molecular formula is C26H32FN3O2. The lowest BCUT2D eigenvalue weighted by molar-refractivity contribution is 0.0694.